The second kappa shape index (κ2) is 37.8. The number of rotatable bonds is 38. The molecule has 0 radical (unpaired) electrons. The summed E-state index contributed by atoms with van der Waals surface area (Å²) in [5.41, 5.74) is 5.26. The molecule has 296 valence electrons. The Labute approximate surface area is 332 Å². The molecular formula is C38H73NNaO10P. The average Bonchev–Trinajstić information content (AvgIpc) is 3.09. The molecule has 0 aromatic rings. The van der Waals surface area contributed by atoms with Gasteiger partial charge in [0.05, 0.1) is 25.2 Å². The third kappa shape index (κ3) is 37.6. The van der Waals surface area contributed by atoms with Gasteiger partial charge in [-0.3, -0.25) is 18.6 Å². The van der Waals surface area contributed by atoms with Crippen LogP contribution in [0.5, 0.6) is 0 Å². The van der Waals surface area contributed by atoms with Crippen molar-refractivity contribution in [2.75, 3.05) is 19.8 Å². The van der Waals surface area contributed by atoms with E-state index >= 15 is 0 Å². The Morgan fingerprint density at radius 3 is 1.27 bits per heavy atom. The third-order valence-corrected chi connectivity index (χ3v) is 9.79. The summed E-state index contributed by atoms with van der Waals surface area (Å²) in [6.45, 7) is 2.71. The van der Waals surface area contributed by atoms with Crippen molar-refractivity contribution < 1.29 is 77.0 Å². The van der Waals surface area contributed by atoms with E-state index in [0.717, 1.165) is 38.5 Å². The maximum absolute atomic E-state index is 12.6. The third-order valence-electron chi connectivity index (χ3n) is 8.84. The molecule has 0 amide bonds. The van der Waals surface area contributed by atoms with Crippen LogP contribution in [0.25, 0.3) is 0 Å². The molecule has 0 fully saturated rings. The summed E-state index contributed by atoms with van der Waals surface area (Å²) in [7, 11) is -4.73. The van der Waals surface area contributed by atoms with Crippen LogP contribution >= 0.6 is 7.82 Å². The van der Waals surface area contributed by atoms with Gasteiger partial charge in [0.2, 0.25) is 0 Å². The minimum atomic E-state index is -4.73. The normalized spacial score (nSPS) is 13.6. The van der Waals surface area contributed by atoms with Crippen LogP contribution < -0.4 is 40.4 Å². The number of esters is 2. The molecule has 0 aromatic carbocycles. The molecule has 3 N–H and O–H groups in total. The first-order valence-corrected chi connectivity index (χ1v) is 21.5. The first-order valence-electron chi connectivity index (χ1n) is 20.0. The number of ether oxygens (including phenoxy) is 2. The molecule has 0 saturated carbocycles. The number of phosphoric acid groups is 1. The number of aliphatic carboxylic acids is 1. The fraction of sp³-hybridized carbons (Fsp3) is 0.921. The van der Waals surface area contributed by atoms with Crippen molar-refractivity contribution in [3.63, 3.8) is 0 Å². The molecule has 0 aromatic heterocycles. The van der Waals surface area contributed by atoms with E-state index in [1.807, 2.05) is 0 Å². The van der Waals surface area contributed by atoms with Crippen molar-refractivity contribution in [2.45, 2.75) is 206 Å². The monoisotopic (exact) mass is 757 g/mol. The Hall–Kier alpha value is -0.520. The average molecular weight is 758 g/mol. The van der Waals surface area contributed by atoms with Gasteiger partial charge in [0, 0.05) is 12.8 Å². The molecule has 0 heterocycles. The standard InChI is InChI=1S/C38H74NO10P.Na/c1-3-5-7-9-11-13-15-17-19-21-23-25-27-29-36(40)46-31-34(32-47-50(44,45)48-33-35(39)38(42)43)49-37(41)30-28-26-24-22-20-18-16-14-12-10-8-6-4-2;/h34-35H,3-33,39H2,1-2H3,(H,42,43)(H,44,45);/q;+1/p-1/t34?,35-;/m0./s1. The Balaban J connectivity index is 0. The molecule has 0 aliphatic carbocycles. The van der Waals surface area contributed by atoms with Gasteiger partial charge in [-0.25, -0.2) is 4.57 Å². The molecule has 0 aliphatic heterocycles. The predicted molar refractivity (Wildman–Crippen MR) is 196 cm³/mol. The van der Waals surface area contributed by atoms with Crippen LogP contribution in [0.1, 0.15) is 194 Å². The summed E-state index contributed by atoms with van der Waals surface area (Å²) < 4.78 is 32.5. The summed E-state index contributed by atoms with van der Waals surface area (Å²) in [5, 5.41) is 10.8. The molecule has 2 unspecified atom stereocenters. The molecule has 0 aliphatic rings. The quantitative estimate of drug-likeness (QED) is 0.0346. The number of unbranched alkanes of at least 4 members (excludes halogenated alkanes) is 24. The second-order valence-electron chi connectivity index (χ2n) is 13.8. The molecule has 0 rings (SSSR count). The Morgan fingerprint density at radius 1 is 0.569 bits per heavy atom. The number of hydrogen-bond donors (Lipinski definition) is 2. The van der Waals surface area contributed by atoms with Gasteiger partial charge in [-0.05, 0) is 12.8 Å². The van der Waals surface area contributed by atoms with Crippen molar-refractivity contribution in [1.29, 1.82) is 0 Å². The van der Waals surface area contributed by atoms with Crippen molar-refractivity contribution in [3.05, 3.63) is 0 Å². The summed E-state index contributed by atoms with van der Waals surface area (Å²) in [6, 6.07) is -1.63. The van der Waals surface area contributed by atoms with Crippen LogP contribution in [0.4, 0.5) is 0 Å². The molecule has 11 nitrogen and oxygen atoms in total. The zero-order chi connectivity index (χ0) is 37.1. The molecule has 51 heavy (non-hydrogen) atoms. The molecule has 0 bridgehead atoms. The number of hydrogen-bond acceptors (Lipinski definition) is 10. The largest absolute Gasteiger partial charge is 1.00 e. The Kier molecular flexibility index (Phi) is 39.0. The number of carboxylic acid groups (broad SMARTS) is 1. The van der Waals surface area contributed by atoms with Gasteiger partial charge in [0.15, 0.2) is 6.10 Å². The van der Waals surface area contributed by atoms with Crippen molar-refractivity contribution in [3.8, 4) is 0 Å². The molecule has 0 saturated heterocycles. The SMILES string of the molecule is CCCCCCCCCCCCCCCC(=O)OCC(COP(=O)(O)OC[C@H](N)C(=O)[O-])OC(=O)CCCCCCCCCCCCCCC.[Na+]. The van der Waals surface area contributed by atoms with E-state index in [9.17, 15) is 28.9 Å². The maximum Gasteiger partial charge on any atom is 1.00 e. The van der Waals surface area contributed by atoms with Crippen molar-refractivity contribution in [1.82, 2.24) is 0 Å². The minimum Gasteiger partial charge on any atom is -0.548 e. The van der Waals surface area contributed by atoms with E-state index < -0.39 is 51.1 Å². The van der Waals surface area contributed by atoms with E-state index in [4.69, 9.17) is 19.7 Å². The smallest absolute Gasteiger partial charge is 0.548 e. The predicted octanol–water partition coefficient (Wildman–Crippen LogP) is 5.62. The van der Waals surface area contributed by atoms with Crippen LogP contribution in [-0.4, -0.2) is 54.8 Å². The van der Waals surface area contributed by atoms with Crippen molar-refractivity contribution in [2.24, 2.45) is 5.73 Å². The van der Waals surface area contributed by atoms with Gasteiger partial charge in [-0.15, -0.1) is 0 Å². The first-order chi connectivity index (χ1) is 24.1. The van der Waals surface area contributed by atoms with Crippen LogP contribution in [0.15, 0.2) is 0 Å². The van der Waals surface area contributed by atoms with Gasteiger partial charge in [-0.2, -0.15) is 0 Å². The number of carboxylic acids is 1. The van der Waals surface area contributed by atoms with E-state index in [1.165, 1.54) is 116 Å². The summed E-state index contributed by atoms with van der Waals surface area (Å²) in [5.74, 6) is -2.63. The van der Waals surface area contributed by atoms with Crippen LogP contribution in [0.3, 0.4) is 0 Å². The number of carbonyl (C=O) groups excluding carboxylic acids is 3. The fourth-order valence-corrected chi connectivity index (χ4v) is 6.43. The summed E-state index contributed by atoms with van der Waals surface area (Å²) in [6.07, 6.45) is 30.1. The number of nitrogens with two attached hydrogens (primary N) is 1. The van der Waals surface area contributed by atoms with E-state index in [2.05, 4.69) is 18.4 Å². The molecule has 0 spiro atoms. The minimum absolute atomic E-state index is 0. The number of carbonyl (C=O) groups is 3. The molecule has 13 heteroatoms. The zero-order valence-electron chi connectivity index (χ0n) is 32.7. The zero-order valence-corrected chi connectivity index (χ0v) is 35.6. The van der Waals surface area contributed by atoms with Gasteiger partial charge in [0.25, 0.3) is 0 Å². The fourth-order valence-electron chi connectivity index (χ4n) is 5.65. The van der Waals surface area contributed by atoms with Gasteiger partial charge in [-0.1, -0.05) is 168 Å². The Morgan fingerprint density at radius 2 is 0.902 bits per heavy atom. The maximum atomic E-state index is 12.6. The summed E-state index contributed by atoms with van der Waals surface area (Å²) in [4.78, 5) is 45.6. The second-order valence-corrected chi connectivity index (χ2v) is 15.2. The molecular weight excluding hydrogens is 684 g/mol. The van der Waals surface area contributed by atoms with Gasteiger partial charge >= 0.3 is 49.3 Å². The van der Waals surface area contributed by atoms with E-state index in [1.54, 1.807) is 0 Å². The number of phosphoric ester groups is 1. The molecule has 3 atom stereocenters. The first kappa shape index (κ1) is 52.6. The van der Waals surface area contributed by atoms with E-state index in [-0.39, 0.29) is 49.0 Å². The topological polar surface area (TPSA) is 175 Å². The van der Waals surface area contributed by atoms with E-state index in [0.29, 0.717) is 12.8 Å². The van der Waals surface area contributed by atoms with Crippen LogP contribution in [0.2, 0.25) is 0 Å². The van der Waals surface area contributed by atoms with Gasteiger partial charge < -0.3 is 30.0 Å². The van der Waals surface area contributed by atoms with Gasteiger partial charge in [0.1, 0.15) is 6.61 Å². The van der Waals surface area contributed by atoms with Crippen LogP contribution in [0, 0.1) is 0 Å². The van der Waals surface area contributed by atoms with Crippen LogP contribution in [-0.2, 0) is 37.5 Å². The Bertz CT molecular complexity index is 882. The van der Waals surface area contributed by atoms with Crippen molar-refractivity contribution >= 4 is 25.7 Å². The summed E-state index contributed by atoms with van der Waals surface area (Å²) >= 11 is 0.